The van der Waals surface area contributed by atoms with E-state index in [4.69, 9.17) is 11.6 Å². The number of benzene rings is 1. The van der Waals surface area contributed by atoms with E-state index < -0.39 is 23.1 Å². The highest BCUT2D eigenvalue weighted by atomic mass is 35.5. The summed E-state index contributed by atoms with van der Waals surface area (Å²) in [5.74, 6) is -2.68. The van der Waals surface area contributed by atoms with Crippen LogP contribution in [0.15, 0.2) is 35.1 Å². The Labute approximate surface area is 109 Å². The van der Waals surface area contributed by atoms with Gasteiger partial charge in [0, 0.05) is 0 Å². The predicted octanol–water partition coefficient (Wildman–Crippen LogP) is 4.95. The summed E-state index contributed by atoms with van der Waals surface area (Å²) in [7, 11) is 0. The molecule has 0 amide bonds. The van der Waals surface area contributed by atoms with E-state index in [0.717, 1.165) is 12.1 Å². The van der Waals surface area contributed by atoms with Gasteiger partial charge >= 0.3 is 12.4 Å². The van der Waals surface area contributed by atoms with Gasteiger partial charge in [0.1, 0.15) is 5.75 Å². The third-order valence-corrected chi connectivity index (χ3v) is 2.33. The Morgan fingerprint density at radius 3 is 1.79 bits per heavy atom. The van der Waals surface area contributed by atoms with Crippen LogP contribution in [0.1, 0.15) is 5.56 Å². The van der Waals surface area contributed by atoms with Crippen molar-refractivity contribution in [3.8, 4) is 5.75 Å². The first-order valence-corrected chi connectivity index (χ1v) is 5.18. The molecule has 0 heterocycles. The Morgan fingerprint density at radius 2 is 1.42 bits per heavy atom. The van der Waals surface area contributed by atoms with Crippen molar-refractivity contribution in [3.63, 3.8) is 0 Å². The van der Waals surface area contributed by atoms with Crippen LogP contribution in [0.4, 0.5) is 26.3 Å². The average molecular weight is 305 g/mol. The Balaban J connectivity index is 3.18. The molecule has 0 aliphatic heterocycles. The molecule has 0 aromatic heterocycles. The molecule has 1 aromatic carbocycles. The highest BCUT2D eigenvalue weighted by molar-refractivity contribution is 6.30. The number of allylic oxidation sites excluding steroid dienone is 2. The molecule has 8 heteroatoms. The quantitative estimate of drug-likeness (QED) is 0.555. The van der Waals surface area contributed by atoms with E-state index in [-0.39, 0.29) is 5.75 Å². The first kappa shape index (κ1) is 15.7. The lowest BCUT2D eigenvalue weighted by Crippen LogP contribution is -2.23. The van der Waals surface area contributed by atoms with Gasteiger partial charge in [-0.25, -0.2) is 0 Å². The molecule has 1 rings (SSSR count). The lowest BCUT2D eigenvalue weighted by Gasteiger charge is -2.16. The van der Waals surface area contributed by atoms with Crippen LogP contribution >= 0.6 is 11.6 Å². The van der Waals surface area contributed by atoms with Crippen molar-refractivity contribution in [2.75, 3.05) is 0 Å². The Morgan fingerprint density at radius 1 is 0.947 bits per heavy atom. The zero-order valence-corrected chi connectivity index (χ0v) is 10.1. The fraction of sp³-hybridized carbons (Fsp3) is 0.273. The second kappa shape index (κ2) is 5.32. The van der Waals surface area contributed by atoms with E-state index in [9.17, 15) is 26.3 Å². The normalized spacial score (nSPS) is 14.1. The molecule has 0 saturated carbocycles. The van der Waals surface area contributed by atoms with Gasteiger partial charge in [0.25, 0.3) is 0 Å². The molecule has 0 fully saturated rings. The minimum atomic E-state index is -5.35. The van der Waals surface area contributed by atoms with E-state index in [2.05, 4.69) is 4.74 Å². The van der Waals surface area contributed by atoms with Crippen molar-refractivity contribution >= 4 is 11.6 Å². The van der Waals surface area contributed by atoms with Crippen molar-refractivity contribution in [3.05, 3.63) is 40.6 Å². The molecule has 0 atom stereocenters. The summed E-state index contributed by atoms with van der Waals surface area (Å²) in [5, 5.41) is -2.35. The van der Waals surface area contributed by atoms with E-state index in [1.165, 1.54) is 12.1 Å². The third kappa shape index (κ3) is 4.34. The van der Waals surface area contributed by atoms with Gasteiger partial charge in [-0.1, -0.05) is 29.3 Å². The minimum absolute atomic E-state index is 0.389. The molecule has 0 bridgehead atoms. The number of ether oxygens (including phenoxy) is 1. The van der Waals surface area contributed by atoms with E-state index in [1.54, 1.807) is 6.92 Å². The molecule has 0 aliphatic rings. The highest BCUT2D eigenvalue weighted by Gasteiger charge is 2.47. The Hall–Kier alpha value is -1.37. The van der Waals surface area contributed by atoms with Gasteiger partial charge in [-0.05, 0) is 19.1 Å². The summed E-state index contributed by atoms with van der Waals surface area (Å²) in [6.45, 7) is 1.66. The summed E-state index contributed by atoms with van der Waals surface area (Å²) in [4.78, 5) is 0. The molecule has 1 aromatic rings. The molecule has 1 nitrogen and oxygen atoms in total. The third-order valence-electron chi connectivity index (χ3n) is 1.95. The Kier molecular flexibility index (Phi) is 4.39. The molecular weight excluding hydrogens is 298 g/mol. The van der Waals surface area contributed by atoms with Crippen LogP contribution in [0.3, 0.4) is 0 Å². The maximum Gasteiger partial charge on any atom is 0.451 e. The van der Waals surface area contributed by atoms with E-state index in [0.29, 0.717) is 5.56 Å². The zero-order chi connectivity index (χ0) is 14.8. The van der Waals surface area contributed by atoms with Gasteiger partial charge in [0.2, 0.25) is 5.76 Å². The number of hydrogen-bond donors (Lipinski definition) is 0. The standard InChI is InChI=1S/C11H7ClF6O/c1-6-2-4-7(5-3-6)19-9(11(16,17)18)8(12)10(13,14)15/h2-5H,1H3. The highest BCUT2D eigenvalue weighted by Crippen LogP contribution is 2.39. The largest absolute Gasteiger partial charge is 0.451 e. The molecule has 0 N–H and O–H groups in total. The summed E-state index contributed by atoms with van der Waals surface area (Å²) in [5.41, 5.74) is 0.715. The van der Waals surface area contributed by atoms with Gasteiger partial charge in [0.15, 0.2) is 5.03 Å². The van der Waals surface area contributed by atoms with Crippen LogP contribution in [0.2, 0.25) is 0 Å². The van der Waals surface area contributed by atoms with Crippen molar-refractivity contribution in [2.45, 2.75) is 19.3 Å². The lowest BCUT2D eigenvalue weighted by atomic mass is 10.2. The lowest BCUT2D eigenvalue weighted by molar-refractivity contribution is -0.130. The van der Waals surface area contributed by atoms with Crippen LogP contribution in [0.25, 0.3) is 0 Å². The number of rotatable bonds is 2. The van der Waals surface area contributed by atoms with Gasteiger partial charge in [0.05, 0.1) is 0 Å². The van der Waals surface area contributed by atoms with Crippen LogP contribution in [0.5, 0.6) is 5.75 Å². The summed E-state index contributed by atoms with van der Waals surface area (Å²) in [6.07, 6.45) is -10.7. The second-order valence-electron chi connectivity index (χ2n) is 3.55. The monoisotopic (exact) mass is 304 g/mol. The van der Waals surface area contributed by atoms with Crippen molar-refractivity contribution < 1.29 is 31.1 Å². The van der Waals surface area contributed by atoms with Crippen molar-refractivity contribution in [1.29, 1.82) is 0 Å². The Bertz CT molecular complexity index is 471. The number of halogens is 7. The molecule has 0 radical (unpaired) electrons. The maximum atomic E-state index is 12.5. The second-order valence-corrected chi connectivity index (χ2v) is 3.93. The molecule has 19 heavy (non-hydrogen) atoms. The molecule has 0 saturated heterocycles. The van der Waals surface area contributed by atoms with Crippen molar-refractivity contribution in [2.24, 2.45) is 0 Å². The number of aryl methyl sites for hydroxylation is 1. The van der Waals surface area contributed by atoms with Crippen LogP contribution in [-0.2, 0) is 0 Å². The van der Waals surface area contributed by atoms with Crippen molar-refractivity contribution in [1.82, 2.24) is 0 Å². The SMILES string of the molecule is Cc1ccc(OC(=C(Cl)C(F)(F)F)C(F)(F)F)cc1. The fourth-order valence-electron chi connectivity index (χ4n) is 1.08. The predicted molar refractivity (Wildman–Crippen MR) is 56.8 cm³/mol. The number of hydrogen-bond acceptors (Lipinski definition) is 1. The molecule has 0 unspecified atom stereocenters. The molecular formula is C11H7ClF6O. The van der Waals surface area contributed by atoms with Gasteiger partial charge in [-0.3, -0.25) is 0 Å². The summed E-state index contributed by atoms with van der Waals surface area (Å²) in [6, 6.07) is 5.01. The molecule has 106 valence electrons. The van der Waals surface area contributed by atoms with E-state index >= 15 is 0 Å². The topological polar surface area (TPSA) is 9.23 Å². The first-order valence-electron chi connectivity index (χ1n) is 4.80. The maximum absolute atomic E-state index is 12.5. The van der Waals surface area contributed by atoms with Gasteiger partial charge in [-0.15, -0.1) is 0 Å². The first-order chi connectivity index (χ1) is 8.51. The zero-order valence-electron chi connectivity index (χ0n) is 9.36. The fourth-order valence-corrected chi connectivity index (χ4v) is 1.23. The molecule has 0 aliphatic carbocycles. The van der Waals surface area contributed by atoms with E-state index in [1.807, 2.05) is 0 Å². The average Bonchev–Trinajstić information content (AvgIpc) is 2.24. The molecule has 0 spiro atoms. The number of alkyl halides is 6. The minimum Gasteiger partial charge on any atom is -0.451 e. The smallest absolute Gasteiger partial charge is 0.451 e. The van der Waals surface area contributed by atoms with Gasteiger partial charge < -0.3 is 4.74 Å². The van der Waals surface area contributed by atoms with Crippen LogP contribution in [0, 0.1) is 6.92 Å². The van der Waals surface area contributed by atoms with Crippen LogP contribution < -0.4 is 4.74 Å². The summed E-state index contributed by atoms with van der Waals surface area (Å²) < 4.78 is 78.4. The summed E-state index contributed by atoms with van der Waals surface area (Å²) >= 11 is 4.70. The van der Waals surface area contributed by atoms with Crippen LogP contribution in [-0.4, -0.2) is 12.4 Å². The van der Waals surface area contributed by atoms with Gasteiger partial charge in [-0.2, -0.15) is 26.3 Å².